The minimum Gasteiger partial charge on any atom is -0.393 e. The molecule has 0 aromatic rings. The summed E-state index contributed by atoms with van der Waals surface area (Å²) in [6.07, 6.45) is 0.851. The molecule has 0 heterocycles. The molecular weight excluding hydrogens is 130 g/mol. The lowest BCUT2D eigenvalue weighted by Crippen LogP contribution is -2.29. The lowest BCUT2D eigenvalue weighted by atomic mass is 10.1. The summed E-state index contributed by atoms with van der Waals surface area (Å²) in [5.41, 5.74) is 4.85. The normalized spacial score (nSPS) is 12.0. The predicted octanol–water partition coefficient (Wildman–Crippen LogP) is 0.123. The standard InChI is InChI=1S/C7H17NO2/c1-7(2,6-9)10-5-3-4-8/h9H,3-6,8H2,1-2H3. The van der Waals surface area contributed by atoms with E-state index < -0.39 is 5.60 Å². The van der Waals surface area contributed by atoms with Crippen molar-refractivity contribution < 1.29 is 9.84 Å². The lowest BCUT2D eigenvalue weighted by molar-refractivity contribution is -0.0535. The Morgan fingerprint density at radius 1 is 1.50 bits per heavy atom. The molecule has 0 amide bonds. The maximum Gasteiger partial charge on any atom is 0.0856 e. The first-order valence-electron chi connectivity index (χ1n) is 3.57. The summed E-state index contributed by atoms with van der Waals surface area (Å²) in [4.78, 5) is 0. The van der Waals surface area contributed by atoms with E-state index in [2.05, 4.69) is 0 Å². The second-order valence-corrected chi connectivity index (χ2v) is 2.91. The van der Waals surface area contributed by atoms with E-state index in [1.54, 1.807) is 0 Å². The number of aliphatic hydroxyl groups is 1. The predicted molar refractivity (Wildman–Crippen MR) is 40.8 cm³/mol. The van der Waals surface area contributed by atoms with Crippen molar-refractivity contribution >= 4 is 0 Å². The summed E-state index contributed by atoms with van der Waals surface area (Å²) < 4.78 is 5.29. The molecule has 0 spiro atoms. The van der Waals surface area contributed by atoms with E-state index in [0.29, 0.717) is 13.2 Å². The molecule has 0 saturated heterocycles. The number of ether oxygens (including phenoxy) is 1. The fourth-order valence-electron chi connectivity index (χ4n) is 0.477. The summed E-state index contributed by atoms with van der Waals surface area (Å²) >= 11 is 0. The van der Waals surface area contributed by atoms with E-state index in [-0.39, 0.29) is 6.61 Å². The van der Waals surface area contributed by atoms with Crippen LogP contribution in [0, 0.1) is 0 Å². The molecule has 3 heteroatoms. The van der Waals surface area contributed by atoms with E-state index in [0.717, 1.165) is 6.42 Å². The highest BCUT2D eigenvalue weighted by atomic mass is 16.5. The number of hydrogen-bond donors (Lipinski definition) is 2. The van der Waals surface area contributed by atoms with Gasteiger partial charge in [0.2, 0.25) is 0 Å². The molecule has 62 valence electrons. The molecule has 10 heavy (non-hydrogen) atoms. The zero-order valence-corrected chi connectivity index (χ0v) is 6.76. The van der Waals surface area contributed by atoms with E-state index in [9.17, 15) is 0 Å². The number of nitrogens with two attached hydrogens (primary N) is 1. The number of aliphatic hydroxyl groups excluding tert-OH is 1. The first-order valence-corrected chi connectivity index (χ1v) is 3.57. The van der Waals surface area contributed by atoms with Gasteiger partial charge in [0, 0.05) is 6.61 Å². The monoisotopic (exact) mass is 147 g/mol. The molecule has 0 aliphatic carbocycles. The summed E-state index contributed by atoms with van der Waals surface area (Å²) in [5.74, 6) is 0. The van der Waals surface area contributed by atoms with Gasteiger partial charge in [-0.05, 0) is 26.8 Å². The molecule has 0 aliphatic rings. The van der Waals surface area contributed by atoms with Crippen LogP contribution in [0.3, 0.4) is 0 Å². The molecule has 0 radical (unpaired) electrons. The fourth-order valence-corrected chi connectivity index (χ4v) is 0.477. The molecule has 0 unspecified atom stereocenters. The minimum atomic E-state index is -0.408. The highest BCUT2D eigenvalue weighted by Gasteiger charge is 2.15. The highest BCUT2D eigenvalue weighted by molar-refractivity contribution is 4.65. The Morgan fingerprint density at radius 3 is 2.50 bits per heavy atom. The summed E-state index contributed by atoms with van der Waals surface area (Å²) in [6, 6.07) is 0. The average molecular weight is 147 g/mol. The Hall–Kier alpha value is -0.120. The van der Waals surface area contributed by atoms with E-state index in [4.69, 9.17) is 15.6 Å². The van der Waals surface area contributed by atoms with Crippen LogP contribution in [0.15, 0.2) is 0 Å². The SMILES string of the molecule is CC(C)(CO)OCCCN. The average Bonchev–Trinajstić information content (AvgIpc) is 1.89. The maximum absolute atomic E-state index is 8.74. The van der Waals surface area contributed by atoms with E-state index >= 15 is 0 Å². The van der Waals surface area contributed by atoms with Crippen molar-refractivity contribution in [3.8, 4) is 0 Å². The van der Waals surface area contributed by atoms with Gasteiger partial charge in [-0.15, -0.1) is 0 Å². The quantitative estimate of drug-likeness (QED) is 0.543. The van der Waals surface area contributed by atoms with Crippen LogP contribution in [-0.4, -0.2) is 30.5 Å². The summed E-state index contributed by atoms with van der Waals surface area (Å²) in [5, 5.41) is 8.74. The third kappa shape index (κ3) is 4.73. The molecular formula is C7H17NO2. The number of rotatable bonds is 5. The zero-order valence-electron chi connectivity index (χ0n) is 6.76. The van der Waals surface area contributed by atoms with Crippen LogP contribution in [0.2, 0.25) is 0 Å². The second-order valence-electron chi connectivity index (χ2n) is 2.91. The van der Waals surface area contributed by atoms with Crippen LogP contribution in [0.5, 0.6) is 0 Å². The Kier molecular flexibility index (Phi) is 4.60. The maximum atomic E-state index is 8.74. The minimum absolute atomic E-state index is 0.0531. The van der Waals surface area contributed by atoms with Gasteiger partial charge in [-0.3, -0.25) is 0 Å². The fraction of sp³-hybridized carbons (Fsp3) is 1.00. The van der Waals surface area contributed by atoms with Gasteiger partial charge in [-0.2, -0.15) is 0 Å². The smallest absolute Gasteiger partial charge is 0.0856 e. The molecule has 3 nitrogen and oxygen atoms in total. The zero-order chi connectivity index (χ0) is 8.04. The second kappa shape index (κ2) is 4.66. The van der Waals surface area contributed by atoms with Gasteiger partial charge in [-0.1, -0.05) is 0 Å². The Balaban J connectivity index is 3.28. The Bertz CT molecular complexity index is 83.7. The van der Waals surface area contributed by atoms with Crippen LogP contribution in [0.4, 0.5) is 0 Å². The first kappa shape index (κ1) is 9.88. The summed E-state index contributed by atoms with van der Waals surface area (Å²) in [6.45, 7) is 5.02. The number of hydrogen-bond acceptors (Lipinski definition) is 3. The van der Waals surface area contributed by atoms with Crippen LogP contribution < -0.4 is 5.73 Å². The molecule has 0 fully saturated rings. The Morgan fingerprint density at radius 2 is 2.10 bits per heavy atom. The molecule has 0 aromatic heterocycles. The van der Waals surface area contributed by atoms with Gasteiger partial charge >= 0.3 is 0 Å². The topological polar surface area (TPSA) is 55.5 Å². The van der Waals surface area contributed by atoms with Gasteiger partial charge in [-0.25, -0.2) is 0 Å². The van der Waals surface area contributed by atoms with Crippen molar-refractivity contribution in [1.29, 1.82) is 0 Å². The summed E-state index contributed by atoms with van der Waals surface area (Å²) in [7, 11) is 0. The van der Waals surface area contributed by atoms with Gasteiger partial charge in [0.15, 0.2) is 0 Å². The largest absolute Gasteiger partial charge is 0.393 e. The van der Waals surface area contributed by atoms with Crippen LogP contribution in [0.25, 0.3) is 0 Å². The molecule has 0 rings (SSSR count). The van der Waals surface area contributed by atoms with E-state index in [1.807, 2.05) is 13.8 Å². The first-order chi connectivity index (χ1) is 4.62. The highest BCUT2D eigenvalue weighted by Crippen LogP contribution is 2.06. The van der Waals surface area contributed by atoms with Crippen molar-refractivity contribution in [3.63, 3.8) is 0 Å². The molecule has 3 N–H and O–H groups in total. The molecule has 0 bridgehead atoms. The van der Waals surface area contributed by atoms with Crippen molar-refractivity contribution in [2.24, 2.45) is 5.73 Å². The molecule has 0 atom stereocenters. The van der Waals surface area contributed by atoms with E-state index in [1.165, 1.54) is 0 Å². The van der Waals surface area contributed by atoms with Crippen LogP contribution >= 0.6 is 0 Å². The Labute approximate surface area is 62.2 Å². The third-order valence-corrected chi connectivity index (χ3v) is 1.22. The van der Waals surface area contributed by atoms with Crippen molar-refractivity contribution in [2.45, 2.75) is 25.9 Å². The lowest BCUT2D eigenvalue weighted by Gasteiger charge is -2.21. The molecule has 0 aromatic carbocycles. The molecule has 0 aliphatic heterocycles. The van der Waals surface area contributed by atoms with Gasteiger partial charge in [0.05, 0.1) is 12.2 Å². The van der Waals surface area contributed by atoms with Gasteiger partial charge < -0.3 is 15.6 Å². The van der Waals surface area contributed by atoms with Crippen LogP contribution in [-0.2, 0) is 4.74 Å². The van der Waals surface area contributed by atoms with Crippen molar-refractivity contribution in [3.05, 3.63) is 0 Å². The van der Waals surface area contributed by atoms with Crippen molar-refractivity contribution in [1.82, 2.24) is 0 Å². The molecule has 0 saturated carbocycles. The van der Waals surface area contributed by atoms with Crippen LogP contribution in [0.1, 0.15) is 20.3 Å². The van der Waals surface area contributed by atoms with Gasteiger partial charge in [0.1, 0.15) is 0 Å². The van der Waals surface area contributed by atoms with Gasteiger partial charge in [0.25, 0.3) is 0 Å². The van der Waals surface area contributed by atoms with Crippen molar-refractivity contribution in [2.75, 3.05) is 19.8 Å². The third-order valence-electron chi connectivity index (χ3n) is 1.22.